The van der Waals surface area contributed by atoms with Gasteiger partial charge in [0.1, 0.15) is 5.82 Å². The third-order valence-corrected chi connectivity index (χ3v) is 6.17. The number of rotatable bonds is 5. The van der Waals surface area contributed by atoms with Gasteiger partial charge in [-0.05, 0) is 56.7 Å². The van der Waals surface area contributed by atoms with Crippen LogP contribution in [0.15, 0.2) is 36.4 Å². The van der Waals surface area contributed by atoms with E-state index in [2.05, 4.69) is 10.4 Å². The summed E-state index contributed by atoms with van der Waals surface area (Å²) in [4.78, 5) is 14.7. The molecule has 32 heavy (non-hydrogen) atoms. The molecule has 2 heterocycles. The largest absolute Gasteiger partial charge is 0.378 e. The maximum absolute atomic E-state index is 14.6. The third-order valence-electron chi connectivity index (χ3n) is 5.76. The van der Waals surface area contributed by atoms with E-state index < -0.39 is 0 Å². The maximum Gasteiger partial charge on any atom is 0.228 e. The molecular formula is C24H26ClFN4O2. The summed E-state index contributed by atoms with van der Waals surface area (Å²) in [6.07, 6.45) is 0.143. The van der Waals surface area contributed by atoms with Gasteiger partial charge in [0.2, 0.25) is 5.91 Å². The monoisotopic (exact) mass is 456 g/mol. The zero-order valence-electron chi connectivity index (χ0n) is 18.4. The molecule has 1 aliphatic heterocycles. The summed E-state index contributed by atoms with van der Waals surface area (Å²) < 4.78 is 21.7. The second kappa shape index (κ2) is 9.30. The second-order valence-corrected chi connectivity index (χ2v) is 8.39. The van der Waals surface area contributed by atoms with Crippen molar-refractivity contribution in [2.75, 3.05) is 36.5 Å². The minimum atomic E-state index is -0.360. The van der Waals surface area contributed by atoms with Gasteiger partial charge in [-0.15, -0.1) is 0 Å². The lowest BCUT2D eigenvalue weighted by molar-refractivity contribution is -0.115. The van der Waals surface area contributed by atoms with Crippen molar-refractivity contribution in [1.82, 2.24) is 9.78 Å². The first-order valence-corrected chi connectivity index (χ1v) is 10.9. The quantitative estimate of drug-likeness (QED) is 0.609. The normalized spacial score (nSPS) is 14.0. The fraction of sp³-hybridized carbons (Fsp3) is 0.333. The lowest BCUT2D eigenvalue weighted by Crippen LogP contribution is -2.36. The Balaban J connectivity index is 1.48. The average molecular weight is 457 g/mol. The lowest BCUT2D eigenvalue weighted by Gasteiger charge is -2.29. The Labute approximate surface area is 191 Å². The topological polar surface area (TPSA) is 59.4 Å². The number of hydrogen-bond donors (Lipinski definition) is 1. The number of carbonyl (C=O) groups excluding carboxylic acids is 1. The number of aromatic nitrogens is 2. The van der Waals surface area contributed by atoms with Gasteiger partial charge in [0, 0.05) is 35.1 Å². The highest BCUT2D eigenvalue weighted by molar-refractivity contribution is 6.31. The number of benzene rings is 2. The molecule has 6 nitrogen and oxygen atoms in total. The molecule has 168 valence electrons. The van der Waals surface area contributed by atoms with Gasteiger partial charge in [-0.25, -0.2) is 9.07 Å². The molecule has 0 unspecified atom stereocenters. The summed E-state index contributed by atoms with van der Waals surface area (Å²) in [6, 6.07) is 10.5. The molecule has 1 saturated heterocycles. The average Bonchev–Trinajstić information content (AvgIpc) is 3.04. The second-order valence-electron chi connectivity index (χ2n) is 7.99. The lowest BCUT2D eigenvalue weighted by atomic mass is 10.1. The Kier molecular flexibility index (Phi) is 6.48. The number of halogens is 2. The molecule has 1 aromatic heterocycles. The van der Waals surface area contributed by atoms with Gasteiger partial charge >= 0.3 is 0 Å². The Morgan fingerprint density at radius 3 is 2.59 bits per heavy atom. The fourth-order valence-corrected chi connectivity index (χ4v) is 4.08. The molecular weight excluding hydrogens is 431 g/mol. The van der Waals surface area contributed by atoms with Gasteiger partial charge in [-0.1, -0.05) is 17.7 Å². The minimum Gasteiger partial charge on any atom is -0.378 e. The number of anilines is 2. The van der Waals surface area contributed by atoms with E-state index in [9.17, 15) is 9.18 Å². The van der Waals surface area contributed by atoms with Crippen molar-refractivity contribution in [3.63, 3.8) is 0 Å². The molecule has 0 saturated carbocycles. The number of nitrogens with zero attached hydrogens (tertiary/aromatic N) is 3. The highest BCUT2D eigenvalue weighted by Crippen LogP contribution is 2.25. The van der Waals surface area contributed by atoms with Crippen molar-refractivity contribution < 1.29 is 13.9 Å². The molecule has 0 atom stereocenters. The van der Waals surface area contributed by atoms with E-state index in [1.54, 1.807) is 16.8 Å². The highest BCUT2D eigenvalue weighted by atomic mass is 35.5. The van der Waals surface area contributed by atoms with Crippen LogP contribution in [0.3, 0.4) is 0 Å². The SMILES string of the molecule is Cc1ccc(-n2nc(C)c(CC(=O)Nc3ccc(N4CCOCC4)c(F)c3)c2C)cc1Cl. The van der Waals surface area contributed by atoms with Gasteiger partial charge in [0.05, 0.1) is 36.7 Å². The Hall–Kier alpha value is -2.90. The van der Waals surface area contributed by atoms with Gasteiger partial charge in [0.25, 0.3) is 0 Å². The van der Waals surface area contributed by atoms with Crippen LogP contribution in [-0.2, 0) is 16.0 Å². The van der Waals surface area contributed by atoms with E-state index in [4.69, 9.17) is 16.3 Å². The van der Waals surface area contributed by atoms with Crippen LogP contribution >= 0.6 is 11.6 Å². The van der Waals surface area contributed by atoms with E-state index in [1.807, 2.05) is 43.9 Å². The number of carbonyl (C=O) groups is 1. The van der Waals surface area contributed by atoms with Gasteiger partial charge in [0.15, 0.2) is 0 Å². The van der Waals surface area contributed by atoms with Crippen molar-refractivity contribution in [2.24, 2.45) is 0 Å². The molecule has 0 bridgehead atoms. The van der Waals surface area contributed by atoms with Crippen LogP contribution in [0, 0.1) is 26.6 Å². The van der Waals surface area contributed by atoms with Gasteiger partial charge in [-0.3, -0.25) is 4.79 Å². The standard InChI is InChI=1S/C24H26ClFN4O2/c1-15-4-6-19(13-21(15)25)30-17(3)20(16(2)28-30)14-24(31)27-18-5-7-23(22(26)12-18)29-8-10-32-11-9-29/h4-7,12-13H,8-11,14H2,1-3H3,(H,27,31). The summed E-state index contributed by atoms with van der Waals surface area (Å²) in [5.74, 6) is -0.586. The van der Waals surface area contributed by atoms with Crippen LogP contribution in [0.4, 0.5) is 15.8 Å². The zero-order valence-corrected chi connectivity index (χ0v) is 19.2. The van der Waals surface area contributed by atoms with E-state index >= 15 is 0 Å². The highest BCUT2D eigenvalue weighted by Gasteiger charge is 2.18. The molecule has 3 aromatic rings. The van der Waals surface area contributed by atoms with Crippen molar-refractivity contribution >= 4 is 28.9 Å². The smallest absolute Gasteiger partial charge is 0.228 e. The zero-order chi connectivity index (χ0) is 22.8. The summed E-state index contributed by atoms with van der Waals surface area (Å²) in [5.41, 5.74) is 5.25. The molecule has 1 fully saturated rings. The first kappa shape index (κ1) is 22.3. The van der Waals surface area contributed by atoms with Crippen molar-refractivity contribution in [1.29, 1.82) is 0 Å². The molecule has 0 radical (unpaired) electrons. The van der Waals surface area contributed by atoms with Crippen LogP contribution in [0.25, 0.3) is 5.69 Å². The van der Waals surface area contributed by atoms with Crippen molar-refractivity contribution in [3.8, 4) is 5.69 Å². The predicted octanol–water partition coefficient (Wildman–Crippen LogP) is 4.61. The van der Waals surface area contributed by atoms with Gasteiger partial charge < -0.3 is 15.0 Å². The first-order chi connectivity index (χ1) is 15.3. The predicted molar refractivity (Wildman–Crippen MR) is 125 cm³/mol. The Bertz CT molecular complexity index is 1160. The number of amides is 1. The van der Waals surface area contributed by atoms with Crippen molar-refractivity contribution in [3.05, 3.63) is 69.8 Å². The Morgan fingerprint density at radius 1 is 1.16 bits per heavy atom. The van der Waals surface area contributed by atoms with Crippen LogP contribution < -0.4 is 10.2 Å². The fourth-order valence-electron chi connectivity index (χ4n) is 3.91. The number of morpholine rings is 1. The number of ether oxygens (including phenoxy) is 1. The summed E-state index contributed by atoms with van der Waals surface area (Å²) in [5, 5.41) is 8.06. The molecule has 2 aromatic carbocycles. The van der Waals surface area contributed by atoms with Gasteiger partial charge in [-0.2, -0.15) is 5.10 Å². The number of aryl methyl sites for hydroxylation is 2. The molecule has 8 heteroatoms. The molecule has 0 spiro atoms. The molecule has 1 N–H and O–H groups in total. The summed E-state index contributed by atoms with van der Waals surface area (Å²) in [6.45, 7) is 8.21. The Morgan fingerprint density at radius 2 is 1.91 bits per heavy atom. The van der Waals surface area contributed by atoms with E-state index in [1.165, 1.54) is 6.07 Å². The summed E-state index contributed by atoms with van der Waals surface area (Å²) in [7, 11) is 0. The minimum absolute atomic E-state index is 0.143. The van der Waals surface area contributed by atoms with Crippen LogP contribution in [-0.4, -0.2) is 42.0 Å². The third kappa shape index (κ3) is 4.64. The summed E-state index contributed by atoms with van der Waals surface area (Å²) >= 11 is 6.27. The maximum atomic E-state index is 14.6. The molecule has 1 amide bonds. The molecule has 0 aliphatic carbocycles. The molecule has 1 aliphatic rings. The van der Waals surface area contributed by atoms with Crippen LogP contribution in [0.5, 0.6) is 0 Å². The number of nitrogens with one attached hydrogen (secondary N) is 1. The van der Waals surface area contributed by atoms with E-state index in [-0.39, 0.29) is 18.1 Å². The number of hydrogen-bond acceptors (Lipinski definition) is 4. The molecule has 4 rings (SSSR count). The first-order valence-electron chi connectivity index (χ1n) is 10.6. The van der Waals surface area contributed by atoms with E-state index in [0.29, 0.717) is 42.7 Å². The van der Waals surface area contributed by atoms with E-state index in [0.717, 1.165) is 28.2 Å². The van der Waals surface area contributed by atoms with Crippen molar-refractivity contribution in [2.45, 2.75) is 27.2 Å². The van der Waals surface area contributed by atoms with Crippen LogP contribution in [0.1, 0.15) is 22.5 Å². The van der Waals surface area contributed by atoms with Crippen LogP contribution in [0.2, 0.25) is 5.02 Å².